The van der Waals surface area contributed by atoms with E-state index in [1.165, 1.54) is 7.11 Å². The number of hydrogen-bond acceptors (Lipinski definition) is 4. The van der Waals surface area contributed by atoms with Gasteiger partial charge in [-0.2, -0.15) is 0 Å². The summed E-state index contributed by atoms with van der Waals surface area (Å²) in [5, 5.41) is 10.6. The second-order valence-corrected chi connectivity index (χ2v) is 3.40. The molecule has 1 aromatic rings. The molecular formula is C11H15NO4. The lowest BCUT2D eigenvalue weighted by molar-refractivity contribution is -0.437. The van der Waals surface area contributed by atoms with E-state index in [0.29, 0.717) is 11.5 Å². The lowest BCUT2D eigenvalue weighted by atomic mass is 10.1. The third-order valence-electron chi connectivity index (χ3n) is 2.29. The topological polar surface area (TPSA) is 86.2 Å². The van der Waals surface area contributed by atoms with E-state index in [9.17, 15) is 9.90 Å². The van der Waals surface area contributed by atoms with Gasteiger partial charge >= 0.3 is 0 Å². The third kappa shape index (κ3) is 2.87. The molecule has 0 unspecified atom stereocenters. The van der Waals surface area contributed by atoms with Crippen molar-refractivity contribution in [3.8, 4) is 11.5 Å². The Labute approximate surface area is 93.8 Å². The van der Waals surface area contributed by atoms with Gasteiger partial charge in [-0.25, -0.2) is 0 Å². The second kappa shape index (κ2) is 5.37. The standard InChI is InChI=1S/C11H15NO4/c1-15-8-3-4-10(16-2)7(5-8)6-9(12)11(13)14/h3-5,9H,6,12H2,1-2H3,(H,13,14)/t9-/m1/s1. The van der Waals surface area contributed by atoms with Crippen LogP contribution in [-0.4, -0.2) is 26.2 Å². The molecule has 0 saturated carbocycles. The zero-order valence-corrected chi connectivity index (χ0v) is 9.36. The van der Waals surface area contributed by atoms with Crippen molar-refractivity contribution in [3.63, 3.8) is 0 Å². The first-order valence-electron chi connectivity index (χ1n) is 4.83. The number of carboxylic acids is 1. The van der Waals surface area contributed by atoms with Crippen molar-refractivity contribution >= 4 is 5.97 Å². The Morgan fingerprint density at radius 2 is 2.12 bits per heavy atom. The van der Waals surface area contributed by atoms with Crippen LogP contribution in [0, 0.1) is 0 Å². The minimum atomic E-state index is -1.18. The van der Waals surface area contributed by atoms with Gasteiger partial charge in [0.05, 0.1) is 20.2 Å². The maximum Gasteiger partial charge on any atom is 0.129 e. The summed E-state index contributed by atoms with van der Waals surface area (Å²) in [6.07, 6.45) is 0.253. The maximum atomic E-state index is 10.6. The molecule has 0 saturated heterocycles. The molecule has 3 N–H and O–H groups in total. The van der Waals surface area contributed by atoms with E-state index >= 15 is 0 Å². The fourth-order valence-electron chi connectivity index (χ4n) is 1.39. The van der Waals surface area contributed by atoms with E-state index in [0.717, 1.165) is 5.56 Å². The van der Waals surface area contributed by atoms with Gasteiger partial charge in [0, 0.05) is 12.0 Å². The molecule has 1 aromatic carbocycles. The van der Waals surface area contributed by atoms with Crippen molar-refractivity contribution in [2.75, 3.05) is 14.2 Å². The number of quaternary nitrogens is 1. The van der Waals surface area contributed by atoms with Gasteiger partial charge in [0.1, 0.15) is 17.5 Å². The number of rotatable bonds is 5. The van der Waals surface area contributed by atoms with Crippen LogP contribution in [0.2, 0.25) is 0 Å². The molecule has 1 rings (SSSR count). The van der Waals surface area contributed by atoms with Crippen LogP contribution >= 0.6 is 0 Å². The molecule has 5 nitrogen and oxygen atoms in total. The Hall–Kier alpha value is -1.75. The van der Waals surface area contributed by atoms with E-state index in [-0.39, 0.29) is 6.42 Å². The highest BCUT2D eigenvalue weighted by molar-refractivity contribution is 5.69. The molecule has 1 atom stereocenters. The largest absolute Gasteiger partial charge is 0.544 e. The molecule has 88 valence electrons. The van der Waals surface area contributed by atoms with E-state index < -0.39 is 12.0 Å². The van der Waals surface area contributed by atoms with Crippen LogP contribution in [0.25, 0.3) is 0 Å². The number of hydrogen-bond donors (Lipinski definition) is 1. The summed E-state index contributed by atoms with van der Waals surface area (Å²) in [5.41, 5.74) is 4.25. The zero-order valence-electron chi connectivity index (χ0n) is 9.36. The summed E-state index contributed by atoms with van der Waals surface area (Å²) in [4.78, 5) is 10.6. The average molecular weight is 225 g/mol. The molecule has 0 aliphatic heterocycles. The Morgan fingerprint density at radius 3 is 2.62 bits per heavy atom. The summed E-state index contributed by atoms with van der Waals surface area (Å²) in [6.45, 7) is 0. The Balaban J connectivity index is 2.95. The van der Waals surface area contributed by atoms with Gasteiger partial charge < -0.3 is 25.1 Å². The summed E-state index contributed by atoms with van der Waals surface area (Å²) >= 11 is 0. The molecule has 0 radical (unpaired) electrons. The van der Waals surface area contributed by atoms with Crippen molar-refractivity contribution in [1.29, 1.82) is 0 Å². The first-order chi connectivity index (χ1) is 7.58. The van der Waals surface area contributed by atoms with Crippen molar-refractivity contribution in [2.45, 2.75) is 12.5 Å². The monoisotopic (exact) mass is 225 g/mol. The lowest BCUT2D eigenvalue weighted by Gasteiger charge is -2.13. The number of aliphatic carboxylic acids is 1. The van der Waals surface area contributed by atoms with E-state index in [4.69, 9.17) is 9.47 Å². The molecule has 0 bridgehead atoms. The van der Waals surface area contributed by atoms with Crippen molar-refractivity contribution in [3.05, 3.63) is 23.8 Å². The van der Waals surface area contributed by atoms with Gasteiger partial charge in [-0.15, -0.1) is 0 Å². The summed E-state index contributed by atoms with van der Waals surface area (Å²) in [5.74, 6) is 0.0990. The summed E-state index contributed by atoms with van der Waals surface area (Å²) in [6, 6.07) is 4.41. The Bertz CT molecular complexity index is 378. The van der Waals surface area contributed by atoms with Gasteiger partial charge in [0.25, 0.3) is 0 Å². The lowest BCUT2D eigenvalue weighted by Crippen LogP contribution is -2.69. The van der Waals surface area contributed by atoms with Crippen LogP contribution in [0.5, 0.6) is 11.5 Å². The quantitative estimate of drug-likeness (QED) is 0.668. The van der Waals surface area contributed by atoms with Gasteiger partial charge in [-0.1, -0.05) is 0 Å². The van der Waals surface area contributed by atoms with Crippen LogP contribution in [0.4, 0.5) is 0 Å². The van der Waals surface area contributed by atoms with E-state index in [1.54, 1.807) is 25.3 Å². The summed E-state index contributed by atoms with van der Waals surface area (Å²) in [7, 11) is 3.08. The average Bonchev–Trinajstić information content (AvgIpc) is 2.28. The van der Waals surface area contributed by atoms with Crippen LogP contribution in [0.1, 0.15) is 5.56 Å². The highest BCUT2D eigenvalue weighted by Gasteiger charge is 2.13. The number of carbonyl (C=O) groups is 1. The smallest absolute Gasteiger partial charge is 0.129 e. The van der Waals surface area contributed by atoms with Gasteiger partial charge in [-0.3, -0.25) is 0 Å². The number of methoxy groups -OCH3 is 2. The highest BCUT2D eigenvalue weighted by Crippen LogP contribution is 2.24. The van der Waals surface area contributed by atoms with Crippen molar-refractivity contribution in [1.82, 2.24) is 0 Å². The SMILES string of the molecule is COc1ccc(OC)c(C[C@@H]([NH3+])C(=O)[O-])c1. The number of carbonyl (C=O) groups excluding carboxylic acids is 1. The third-order valence-corrected chi connectivity index (χ3v) is 2.29. The number of ether oxygens (including phenoxy) is 2. The molecule has 0 heterocycles. The molecule has 0 aromatic heterocycles. The molecule has 5 heteroatoms. The minimum Gasteiger partial charge on any atom is -0.544 e. The van der Waals surface area contributed by atoms with Gasteiger partial charge in [0.2, 0.25) is 0 Å². The van der Waals surface area contributed by atoms with Crippen LogP contribution in [0.3, 0.4) is 0 Å². The predicted molar refractivity (Wildman–Crippen MR) is 54.9 cm³/mol. The van der Waals surface area contributed by atoms with Gasteiger partial charge in [-0.05, 0) is 18.2 Å². The van der Waals surface area contributed by atoms with Crippen molar-refractivity contribution in [2.24, 2.45) is 0 Å². The fourth-order valence-corrected chi connectivity index (χ4v) is 1.39. The zero-order chi connectivity index (χ0) is 12.1. The Morgan fingerprint density at radius 1 is 1.44 bits per heavy atom. The molecular weight excluding hydrogens is 210 g/mol. The van der Waals surface area contributed by atoms with Crippen molar-refractivity contribution < 1.29 is 25.1 Å². The molecule has 0 fully saturated rings. The maximum absolute atomic E-state index is 10.6. The second-order valence-electron chi connectivity index (χ2n) is 3.40. The molecule has 0 aliphatic carbocycles. The number of carboxylic acid groups (broad SMARTS) is 1. The predicted octanol–water partition coefficient (Wildman–Crippen LogP) is -1.39. The first-order valence-corrected chi connectivity index (χ1v) is 4.83. The van der Waals surface area contributed by atoms with Crippen LogP contribution in [0.15, 0.2) is 18.2 Å². The van der Waals surface area contributed by atoms with Crippen LogP contribution in [-0.2, 0) is 11.2 Å². The Kier molecular flexibility index (Phi) is 4.13. The summed E-state index contributed by atoms with van der Waals surface area (Å²) < 4.78 is 10.2. The minimum absolute atomic E-state index is 0.253. The fraction of sp³-hybridized carbons (Fsp3) is 0.364. The first kappa shape index (κ1) is 12.3. The van der Waals surface area contributed by atoms with E-state index in [1.807, 2.05) is 0 Å². The molecule has 0 amide bonds. The van der Waals surface area contributed by atoms with E-state index in [2.05, 4.69) is 5.73 Å². The highest BCUT2D eigenvalue weighted by atomic mass is 16.5. The molecule has 0 aliphatic rings. The normalized spacial score (nSPS) is 11.9. The molecule has 0 spiro atoms. The van der Waals surface area contributed by atoms with Gasteiger partial charge in [0.15, 0.2) is 0 Å². The number of benzene rings is 1. The molecule has 16 heavy (non-hydrogen) atoms. The van der Waals surface area contributed by atoms with Crippen LogP contribution < -0.4 is 20.3 Å².